The Morgan fingerprint density at radius 3 is 2.87 bits per heavy atom. The fraction of sp³-hybridized carbons (Fsp3) is 0.500. The maximum atomic E-state index is 12.3. The molecule has 2 aromatic rings. The van der Waals surface area contributed by atoms with Crippen molar-refractivity contribution in [3.63, 3.8) is 0 Å². The fourth-order valence-corrected chi connectivity index (χ4v) is 3.72. The topological polar surface area (TPSA) is 63.9 Å². The number of anilines is 1. The quantitative estimate of drug-likeness (QED) is 0.820. The summed E-state index contributed by atoms with van der Waals surface area (Å²) in [5, 5.41) is 4.59. The van der Waals surface area contributed by atoms with E-state index in [0.717, 1.165) is 60.3 Å². The molecule has 1 aliphatic heterocycles. The highest BCUT2D eigenvalue weighted by Gasteiger charge is 2.28. The van der Waals surface area contributed by atoms with Gasteiger partial charge in [0.2, 0.25) is 5.95 Å². The standard InChI is InChI=1S/C16H18BrN5O/c17-12-8-18-16(19-9-12)21-6-2-4-13(21)10-22-15(23)7-11-3-1-5-14(11)20-22/h7-9,13H,1-6,10H2. The van der Waals surface area contributed by atoms with E-state index in [0.29, 0.717) is 6.54 Å². The van der Waals surface area contributed by atoms with Crippen LogP contribution < -0.4 is 10.5 Å². The van der Waals surface area contributed by atoms with Gasteiger partial charge in [0.05, 0.1) is 22.8 Å². The van der Waals surface area contributed by atoms with Crippen LogP contribution >= 0.6 is 15.9 Å². The molecule has 7 heteroatoms. The second-order valence-electron chi connectivity index (χ2n) is 6.18. The van der Waals surface area contributed by atoms with E-state index in [9.17, 15) is 4.79 Å². The summed E-state index contributed by atoms with van der Waals surface area (Å²) < 4.78 is 2.50. The van der Waals surface area contributed by atoms with Gasteiger partial charge in [0.25, 0.3) is 5.56 Å². The summed E-state index contributed by atoms with van der Waals surface area (Å²) in [6.07, 6.45) is 8.72. The van der Waals surface area contributed by atoms with Gasteiger partial charge in [-0.15, -0.1) is 0 Å². The summed E-state index contributed by atoms with van der Waals surface area (Å²) in [5.41, 5.74) is 2.23. The van der Waals surface area contributed by atoms with Crippen LogP contribution in [0.2, 0.25) is 0 Å². The predicted molar refractivity (Wildman–Crippen MR) is 90.6 cm³/mol. The zero-order chi connectivity index (χ0) is 15.8. The number of rotatable bonds is 3. The molecule has 0 bridgehead atoms. The Morgan fingerprint density at radius 1 is 1.22 bits per heavy atom. The Kier molecular flexibility index (Phi) is 3.88. The molecule has 4 rings (SSSR count). The average Bonchev–Trinajstić information content (AvgIpc) is 3.17. The van der Waals surface area contributed by atoms with Gasteiger partial charge in [-0.3, -0.25) is 4.79 Å². The second kappa shape index (κ2) is 6.03. The average molecular weight is 376 g/mol. The van der Waals surface area contributed by atoms with Gasteiger partial charge < -0.3 is 4.90 Å². The highest BCUT2D eigenvalue weighted by Crippen LogP contribution is 2.24. The molecular formula is C16H18BrN5O. The molecule has 0 radical (unpaired) electrons. The van der Waals surface area contributed by atoms with Gasteiger partial charge in [0.1, 0.15) is 0 Å². The normalized spacial score (nSPS) is 20.0. The van der Waals surface area contributed by atoms with Crippen molar-refractivity contribution in [3.8, 4) is 0 Å². The summed E-state index contributed by atoms with van der Waals surface area (Å²) in [6.45, 7) is 1.53. The van der Waals surface area contributed by atoms with Gasteiger partial charge in [-0.1, -0.05) is 0 Å². The second-order valence-corrected chi connectivity index (χ2v) is 7.10. The monoisotopic (exact) mass is 375 g/mol. The zero-order valence-electron chi connectivity index (χ0n) is 12.8. The number of fused-ring (bicyclic) bond motifs is 1. The van der Waals surface area contributed by atoms with E-state index < -0.39 is 0 Å². The summed E-state index contributed by atoms with van der Waals surface area (Å²) in [4.78, 5) is 23.3. The molecule has 6 nitrogen and oxygen atoms in total. The minimum absolute atomic E-state index is 0.00854. The van der Waals surface area contributed by atoms with Crippen molar-refractivity contribution in [1.29, 1.82) is 0 Å². The van der Waals surface area contributed by atoms with Crippen LogP contribution in [0.4, 0.5) is 5.95 Å². The number of aromatic nitrogens is 4. The Bertz CT molecular complexity index is 773. The lowest BCUT2D eigenvalue weighted by molar-refractivity contribution is 0.480. The molecule has 1 fully saturated rings. The Hall–Kier alpha value is -1.76. The number of hydrogen-bond donors (Lipinski definition) is 0. The van der Waals surface area contributed by atoms with Crippen LogP contribution in [0.25, 0.3) is 0 Å². The van der Waals surface area contributed by atoms with E-state index in [1.165, 1.54) is 0 Å². The number of nitrogens with zero attached hydrogens (tertiary/aromatic N) is 5. The Morgan fingerprint density at radius 2 is 2.04 bits per heavy atom. The number of aryl methyl sites for hydroxylation is 2. The van der Waals surface area contributed by atoms with Crippen LogP contribution in [0.1, 0.15) is 30.5 Å². The van der Waals surface area contributed by atoms with Crippen LogP contribution in [-0.4, -0.2) is 32.3 Å². The van der Waals surface area contributed by atoms with Crippen molar-refractivity contribution in [1.82, 2.24) is 19.7 Å². The van der Waals surface area contributed by atoms with E-state index in [4.69, 9.17) is 0 Å². The van der Waals surface area contributed by atoms with Gasteiger partial charge in [-0.05, 0) is 53.6 Å². The van der Waals surface area contributed by atoms with E-state index >= 15 is 0 Å². The van der Waals surface area contributed by atoms with Crippen LogP contribution in [-0.2, 0) is 19.4 Å². The van der Waals surface area contributed by atoms with Gasteiger partial charge in [-0.2, -0.15) is 5.10 Å². The Balaban J connectivity index is 1.58. The summed E-state index contributed by atoms with van der Waals surface area (Å²) >= 11 is 3.36. The molecule has 0 spiro atoms. The van der Waals surface area contributed by atoms with Gasteiger partial charge in [0.15, 0.2) is 0 Å². The van der Waals surface area contributed by atoms with Crippen LogP contribution in [0.3, 0.4) is 0 Å². The first-order valence-corrected chi connectivity index (χ1v) is 8.84. The van der Waals surface area contributed by atoms with Crippen molar-refractivity contribution < 1.29 is 0 Å². The molecule has 1 atom stereocenters. The molecule has 1 saturated heterocycles. The van der Waals surface area contributed by atoms with Crippen molar-refractivity contribution in [2.24, 2.45) is 0 Å². The van der Waals surface area contributed by atoms with Crippen molar-refractivity contribution in [2.75, 3.05) is 11.4 Å². The van der Waals surface area contributed by atoms with E-state index in [-0.39, 0.29) is 11.6 Å². The van der Waals surface area contributed by atoms with Crippen LogP contribution in [0, 0.1) is 0 Å². The predicted octanol–water partition coefficient (Wildman–Crippen LogP) is 1.95. The lowest BCUT2D eigenvalue weighted by Crippen LogP contribution is -2.38. The lowest BCUT2D eigenvalue weighted by Gasteiger charge is -2.24. The number of halogens is 1. The lowest BCUT2D eigenvalue weighted by atomic mass is 10.2. The first-order chi connectivity index (χ1) is 11.2. The number of hydrogen-bond acceptors (Lipinski definition) is 5. The van der Waals surface area contributed by atoms with E-state index in [2.05, 4.69) is 35.9 Å². The highest BCUT2D eigenvalue weighted by atomic mass is 79.9. The third-order valence-electron chi connectivity index (χ3n) is 4.65. The SMILES string of the molecule is O=c1cc2c(nn1CC1CCCN1c1ncc(Br)cn1)CCC2. The Labute approximate surface area is 142 Å². The molecule has 1 aliphatic carbocycles. The van der Waals surface area contributed by atoms with Crippen LogP contribution in [0.5, 0.6) is 0 Å². The highest BCUT2D eigenvalue weighted by molar-refractivity contribution is 9.10. The van der Waals surface area contributed by atoms with Crippen molar-refractivity contribution in [3.05, 3.63) is 44.5 Å². The summed E-state index contributed by atoms with van der Waals surface area (Å²) in [7, 11) is 0. The minimum atomic E-state index is 0.00854. The molecule has 0 N–H and O–H groups in total. The van der Waals surface area contributed by atoms with Crippen molar-refractivity contribution in [2.45, 2.75) is 44.7 Å². The van der Waals surface area contributed by atoms with Gasteiger partial charge >= 0.3 is 0 Å². The van der Waals surface area contributed by atoms with Crippen molar-refractivity contribution >= 4 is 21.9 Å². The molecule has 0 aromatic carbocycles. The van der Waals surface area contributed by atoms with E-state index in [1.54, 1.807) is 23.1 Å². The zero-order valence-corrected chi connectivity index (χ0v) is 14.4. The summed E-state index contributed by atoms with van der Waals surface area (Å²) in [6, 6.07) is 1.99. The van der Waals surface area contributed by atoms with Crippen LogP contribution in [0.15, 0.2) is 27.7 Å². The smallest absolute Gasteiger partial charge is 0.267 e. The first kappa shape index (κ1) is 14.8. The molecule has 120 valence electrons. The molecule has 1 unspecified atom stereocenters. The minimum Gasteiger partial charge on any atom is -0.336 e. The molecule has 2 aliphatic rings. The third kappa shape index (κ3) is 2.89. The van der Waals surface area contributed by atoms with Gasteiger partial charge in [0, 0.05) is 25.0 Å². The fourth-order valence-electron chi connectivity index (χ4n) is 3.51. The molecule has 3 heterocycles. The molecule has 0 amide bonds. The first-order valence-electron chi connectivity index (χ1n) is 8.05. The molecule has 23 heavy (non-hydrogen) atoms. The molecular weight excluding hydrogens is 358 g/mol. The summed E-state index contributed by atoms with van der Waals surface area (Å²) in [5.74, 6) is 0.727. The van der Waals surface area contributed by atoms with Gasteiger partial charge in [-0.25, -0.2) is 14.6 Å². The van der Waals surface area contributed by atoms with E-state index in [1.807, 2.05) is 0 Å². The molecule has 2 aromatic heterocycles. The third-order valence-corrected chi connectivity index (χ3v) is 5.06. The largest absolute Gasteiger partial charge is 0.336 e. The maximum Gasteiger partial charge on any atom is 0.267 e. The maximum absolute atomic E-state index is 12.3. The molecule has 0 saturated carbocycles.